The summed E-state index contributed by atoms with van der Waals surface area (Å²) in [5.74, 6) is -3.33. The highest BCUT2D eigenvalue weighted by Crippen LogP contribution is 2.51. The zero-order chi connectivity index (χ0) is 9.62. The van der Waals surface area contributed by atoms with Gasteiger partial charge in [-0.1, -0.05) is 23.2 Å². The van der Waals surface area contributed by atoms with Crippen LogP contribution in [0.15, 0.2) is 0 Å². The molecule has 1 fully saturated rings. The van der Waals surface area contributed by atoms with E-state index in [2.05, 4.69) is 0 Å². The summed E-state index contributed by atoms with van der Waals surface area (Å²) < 4.78 is 26.2. The molecule has 12 heavy (non-hydrogen) atoms. The summed E-state index contributed by atoms with van der Waals surface area (Å²) in [5, 5.41) is 12.1. The van der Waals surface area contributed by atoms with Crippen molar-refractivity contribution in [2.24, 2.45) is 0 Å². The van der Waals surface area contributed by atoms with Gasteiger partial charge in [0.15, 0.2) is 0 Å². The lowest BCUT2D eigenvalue weighted by Crippen LogP contribution is -2.62. The summed E-state index contributed by atoms with van der Waals surface area (Å²) in [4.78, 5) is 0. The van der Waals surface area contributed by atoms with Gasteiger partial charge in [0, 0.05) is 12.8 Å². The predicted octanol–water partition coefficient (Wildman–Crippen LogP) is 1.66. The van der Waals surface area contributed by atoms with Crippen LogP contribution in [-0.4, -0.2) is 26.3 Å². The monoisotopic (exact) mass is 220 g/mol. The molecule has 0 spiro atoms. The third-order valence-corrected chi connectivity index (χ3v) is 2.91. The van der Waals surface area contributed by atoms with Crippen LogP contribution in [0.3, 0.4) is 0 Å². The average Bonchev–Trinajstić information content (AvgIpc) is 1.83. The molecule has 2 nitrogen and oxygen atoms in total. The van der Waals surface area contributed by atoms with E-state index in [1.807, 2.05) is 0 Å². The lowest BCUT2D eigenvalue weighted by Gasteiger charge is -2.43. The van der Waals surface area contributed by atoms with E-state index in [9.17, 15) is 8.78 Å². The fourth-order valence-corrected chi connectivity index (χ4v) is 1.76. The predicted molar refractivity (Wildman–Crippen MR) is 40.4 cm³/mol. The van der Waals surface area contributed by atoms with Crippen molar-refractivity contribution in [3.8, 4) is 0 Å². The number of hydrogen-bond donors (Lipinski definition) is 2. The molecule has 2 atom stereocenters. The second-order valence-electron chi connectivity index (χ2n) is 2.93. The normalized spacial score (nSPS) is 47.5. The third kappa shape index (κ3) is 1.31. The van der Waals surface area contributed by atoms with E-state index in [4.69, 9.17) is 33.4 Å². The Labute approximate surface area is 78.1 Å². The molecular formula is C6H8Cl2F2O2. The molecule has 1 saturated carbocycles. The van der Waals surface area contributed by atoms with Gasteiger partial charge in [-0.3, -0.25) is 0 Å². The first-order valence-corrected chi connectivity index (χ1v) is 4.17. The van der Waals surface area contributed by atoms with E-state index in [0.717, 1.165) is 0 Å². The van der Waals surface area contributed by atoms with E-state index >= 15 is 0 Å². The van der Waals surface area contributed by atoms with Crippen LogP contribution in [0.2, 0.25) is 0 Å². The zero-order valence-electron chi connectivity index (χ0n) is 6.03. The molecule has 0 heterocycles. The number of hydrogen-bond acceptors (Lipinski definition) is 2. The minimum Gasteiger partial charge on any atom is -0.359 e. The molecule has 0 radical (unpaired) electrons. The summed E-state index contributed by atoms with van der Waals surface area (Å²) in [6, 6.07) is 0. The summed E-state index contributed by atoms with van der Waals surface area (Å²) >= 11 is 10.1. The molecule has 0 aromatic carbocycles. The van der Waals surface area contributed by atoms with Crippen molar-refractivity contribution in [3.05, 3.63) is 0 Å². The van der Waals surface area contributed by atoms with Crippen molar-refractivity contribution < 1.29 is 19.0 Å². The van der Waals surface area contributed by atoms with Crippen molar-refractivity contribution >= 4 is 23.2 Å². The van der Waals surface area contributed by atoms with Crippen LogP contribution < -0.4 is 0 Å². The Bertz CT molecular complexity index is 176. The summed E-state index contributed by atoms with van der Waals surface area (Å²) in [7, 11) is 0. The molecule has 0 aromatic heterocycles. The van der Waals surface area contributed by atoms with Crippen LogP contribution in [0, 0.1) is 0 Å². The molecule has 1 aliphatic rings. The molecule has 1 rings (SSSR count). The van der Waals surface area contributed by atoms with Crippen molar-refractivity contribution in [1.82, 2.24) is 0 Å². The molecule has 72 valence electrons. The standard InChI is InChI=1S/C6H8Cl2F2O2/c7-4(9)2-1-3-5(8,10)6(4,11)12/h11-12H,1-3H2. The Hall–Kier alpha value is 0.360. The smallest absolute Gasteiger partial charge is 0.262 e. The number of alkyl halides is 4. The molecule has 0 aliphatic heterocycles. The van der Waals surface area contributed by atoms with Gasteiger partial charge in [-0.05, 0) is 6.42 Å². The van der Waals surface area contributed by atoms with Crippen molar-refractivity contribution in [3.63, 3.8) is 0 Å². The highest BCUT2D eigenvalue weighted by molar-refractivity contribution is 6.27. The summed E-state index contributed by atoms with van der Waals surface area (Å²) in [6.45, 7) is 0. The van der Waals surface area contributed by atoms with Crippen LogP contribution in [0.4, 0.5) is 8.78 Å². The third-order valence-electron chi connectivity index (χ3n) is 2.00. The number of rotatable bonds is 0. The summed E-state index contributed by atoms with van der Waals surface area (Å²) in [5.41, 5.74) is 0. The van der Waals surface area contributed by atoms with Gasteiger partial charge >= 0.3 is 0 Å². The molecule has 6 heteroatoms. The molecular weight excluding hydrogens is 213 g/mol. The van der Waals surface area contributed by atoms with Crippen LogP contribution in [0.5, 0.6) is 0 Å². The SMILES string of the molecule is OC1(O)C(F)(Cl)CCCC1(F)Cl. The lowest BCUT2D eigenvalue weighted by molar-refractivity contribution is -0.283. The van der Waals surface area contributed by atoms with Gasteiger partial charge in [0.05, 0.1) is 0 Å². The second-order valence-corrected chi connectivity index (χ2v) is 4.13. The Morgan fingerprint density at radius 2 is 1.33 bits per heavy atom. The first-order chi connectivity index (χ1) is 5.21. The first-order valence-electron chi connectivity index (χ1n) is 3.41. The second kappa shape index (κ2) is 2.67. The number of aliphatic hydroxyl groups is 2. The minimum atomic E-state index is -3.33. The molecule has 0 bridgehead atoms. The average molecular weight is 221 g/mol. The molecule has 2 N–H and O–H groups in total. The maximum absolute atomic E-state index is 13.1. The van der Waals surface area contributed by atoms with Gasteiger partial charge in [-0.15, -0.1) is 0 Å². The van der Waals surface area contributed by atoms with Crippen LogP contribution in [0.25, 0.3) is 0 Å². The van der Waals surface area contributed by atoms with Gasteiger partial charge in [0.2, 0.25) is 10.3 Å². The topological polar surface area (TPSA) is 40.5 Å². The Morgan fingerprint density at radius 1 is 1.00 bits per heavy atom. The van der Waals surface area contributed by atoms with E-state index in [-0.39, 0.29) is 19.3 Å². The maximum atomic E-state index is 13.1. The van der Waals surface area contributed by atoms with Gasteiger partial charge in [0.1, 0.15) is 0 Å². The first kappa shape index (κ1) is 10.4. The largest absolute Gasteiger partial charge is 0.359 e. The van der Waals surface area contributed by atoms with E-state index in [1.54, 1.807) is 0 Å². The zero-order valence-corrected chi connectivity index (χ0v) is 7.54. The highest BCUT2D eigenvalue weighted by atomic mass is 35.5. The van der Waals surface area contributed by atoms with Gasteiger partial charge < -0.3 is 10.2 Å². The van der Waals surface area contributed by atoms with Crippen molar-refractivity contribution in [2.45, 2.75) is 35.3 Å². The Kier molecular flexibility index (Phi) is 2.33. The van der Waals surface area contributed by atoms with Crippen molar-refractivity contribution in [1.29, 1.82) is 0 Å². The van der Waals surface area contributed by atoms with Crippen LogP contribution in [-0.2, 0) is 0 Å². The van der Waals surface area contributed by atoms with E-state index < -0.39 is 16.0 Å². The highest BCUT2D eigenvalue weighted by Gasteiger charge is 2.65. The molecule has 0 amide bonds. The number of halogens is 4. The van der Waals surface area contributed by atoms with Crippen LogP contribution >= 0.6 is 23.2 Å². The Morgan fingerprint density at radius 3 is 1.58 bits per heavy atom. The fourth-order valence-electron chi connectivity index (χ4n) is 1.15. The minimum absolute atomic E-state index is 0.0723. The lowest BCUT2D eigenvalue weighted by atomic mass is 9.89. The fraction of sp³-hybridized carbons (Fsp3) is 1.00. The van der Waals surface area contributed by atoms with Gasteiger partial charge in [-0.25, -0.2) is 8.78 Å². The van der Waals surface area contributed by atoms with Gasteiger partial charge in [-0.2, -0.15) is 0 Å². The molecule has 0 aromatic rings. The quantitative estimate of drug-likeness (QED) is 0.482. The summed E-state index contributed by atoms with van der Waals surface area (Å²) in [6.07, 6.45) is -0.594. The Balaban J connectivity index is 2.99. The maximum Gasteiger partial charge on any atom is 0.262 e. The molecule has 1 aliphatic carbocycles. The molecule has 0 saturated heterocycles. The van der Waals surface area contributed by atoms with Gasteiger partial charge in [0.25, 0.3) is 5.79 Å². The van der Waals surface area contributed by atoms with Crippen LogP contribution in [0.1, 0.15) is 19.3 Å². The van der Waals surface area contributed by atoms with Crippen molar-refractivity contribution in [2.75, 3.05) is 0 Å². The molecule has 2 unspecified atom stereocenters. The van der Waals surface area contributed by atoms with E-state index in [1.165, 1.54) is 0 Å². The van der Waals surface area contributed by atoms with E-state index in [0.29, 0.717) is 0 Å².